The Bertz CT molecular complexity index is 1120. The molecule has 12 heteroatoms. The van der Waals surface area contributed by atoms with Gasteiger partial charge in [0.1, 0.15) is 18.3 Å². The number of fused-ring (bicyclic) bond motifs is 2. The molecule has 11 nitrogen and oxygen atoms in total. The van der Waals surface area contributed by atoms with Gasteiger partial charge in [0.2, 0.25) is 0 Å². The molecule has 4 atom stereocenters. The van der Waals surface area contributed by atoms with E-state index in [-0.39, 0.29) is 24.7 Å². The van der Waals surface area contributed by atoms with Crippen LogP contribution in [0.15, 0.2) is 21.7 Å². The number of aliphatic hydroxyl groups excluding tert-OH is 3. The van der Waals surface area contributed by atoms with E-state index >= 15 is 0 Å². The fourth-order valence-electron chi connectivity index (χ4n) is 3.01. The number of benzene rings is 1. The molecule has 2 heterocycles. The summed E-state index contributed by atoms with van der Waals surface area (Å²) in [5, 5.41) is 30.6. The highest BCUT2D eigenvalue weighted by Gasteiger charge is 2.28. The molecule has 2 aliphatic heterocycles. The molecular weight excluding hydrogens is 403 g/mol. The van der Waals surface area contributed by atoms with Crippen LogP contribution in [0, 0.1) is 13.8 Å². The number of hydrogen-bond donors (Lipinski definition) is 5. The van der Waals surface area contributed by atoms with E-state index in [4.69, 9.17) is 4.89 Å². The van der Waals surface area contributed by atoms with Crippen molar-refractivity contribution >= 4 is 20.1 Å². The fourth-order valence-corrected chi connectivity index (χ4v) is 3.25. The minimum Gasteiger partial charge on any atom is -0.388 e. The second-order valence-electron chi connectivity index (χ2n) is 6.72. The van der Waals surface area contributed by atoms with Gasteiger partial charge in [0.05, 0.1) is 24.2 Å². The van der Waals surface area contributed by atoms with Crippen LogP contribution < -0.4 is 11.2 Å². The second kappa shape index (κ2) is 8.62. The van der Waals surface area contributed by atoms with Gasteiger partial charge in [0.15, 0.2) is 20.6 Å². The average molecular weight is 424 g/mol. The van der Waals surface area contributed by atoms with E-state index in [2.05, 4.69) is 19.5 Å². The maximum atomic E-state index is 12.2. The number of aromatic amines is 1. The number of hydrogen-bond acceptors (Lipinski definition) is 9. The summed E-state index contributed by atoms with van der Waals surface area (Å²) in [7, 11) is -0.871. The van der Waals surface area contributed by atoms with Crippen LogP contribution >= 0.6 is 9.03 Å². The quantitative estimate of drug-likeness (QED) is 0.231. The highest BCUT2D eigenvalue weighted by atomic mass is 31.1. The number of nitrogens with one attached hydrogen (secondary N) is 1. The number of aliphatic hydroxyl groups is 3. The van der Waals surface area contributed by atoms with Gasteiger partial charge < -0.3 is 29.3 Å². The zero-order valence-electron chi connectivity index (χ0n) is 15.7. The molecule has 0 saturated carbocycles. The van der Waals surface area contributed by atoms with E-state index < -0.39 is 38.6 Å². The summed E-state index contributed by atoms with van der Waals surface area (Å²) in [5.41, 5.74) is 1.10. The Kier molecular flexibility index (Phi) is 6.37. The highest BCUT2D eigenvalue weighted by Crippen LogP contribution is 2.24. The predicted octanol–water partition coefficient (Wildman–Crippen LogP) is -1.20. The molecule has 3 unspecified atom stereocenters. The van der Waals surface area contributed by atoms with Gasteiger partial charge in [-0.25, -0.2) is 9.78 Å². The summed E-state index contributed by atoms with van der Waals surface area (Å²) >= 11 is 0. The molecule has 0 saturated heterocycles. The first-order valence-electron chi connectivity index (χ1n) is 8.69. The molecule has 2 aliphatic rings. The number of rotatable bonds is 7. The molecule has 0 amide bonds. The molecular formula is C17H21N4O7P. The van der Waals surface area contributed by atoms with E-state index in [0.29, 0.717) is 11.0 Å². The number of nitrogens with zero attached hydrogens (tertiary/aromatic N) is 3. The van der Waals surface area contributed by atoms with Crippen LogP contribution in [0.4, 0.5) is 0 Å². The Balaban J connectivity index is 2.14. The van der Waals surface area contributed by atoms with Gasteiger partial charge in [-0.3, -0.25) is 9.78 Å². The van der Waals surface area contributed by atoms with Gasteiger partial charge in [0, 0.05) is 0 Å². The van der Waals surface area contributed by atoms with E-state index in [9.17, 15) is 24.9 Å². The van der Waals surface area contributed by atoms with Crippen molar-refractivity contribution in [2.45, 2.75) is 38.7 Å². The van der Waals surface area contributed by atoms with Crippen molar-refractivity contribution in [3.8, 4) is 11.5 Å². The van der Waals surface area contributed by atoms with Crippen molar-refractivity contribution in [3.05, 3.63) is 44.1 Å². The normalized spacial score (nSPS) is 15.4. The number of aromatic nitrogens is 4. The monoisotopic (exact) mass is 424 g/mol. The Labute approximate surface area is 165 Å². The summed E-state index contributed by atoms with van der Waals surface area (Å²) in [6.07, 6.45) is -4.57. The second-order valence-corrected chi connectivity index (χ2v) is 7.19. The first-order valence-corrected chi connectivity index (χ1v) is 9.55. The molecule has 0 radical (unpaired) electrons. The minimum atomic E-state index is -1.61. The average Bonchev–Trinajstić information content (AvgIpc) is 2.67. The molecule has 3 rings (SSSR count). The zero-order valence-corrected chi connectivity index (χ0v) is 16.7. The number of aryl methyl sites for hydroxylation is 2. The molecule has 156 valence electrons. The van der Waals surface area contributed by atoms with E-state index in [1.165, 1.54) is 4.57 Å². The molecule has 1 aromatic carbocycles. The zero-order chi connectivity index (χ0) is 21.3. The summed E-state index contributed by atoms with van der Waals surface area (Å²) < 4.78 is 6.08. The molecule has 29 heavy (non-hydrogen) atoms. The topological polar surface area (TPSA) is 171 Å². The lowest BCUT2D eigenvalue weighted by Crippen LogP contribution is -2.42. The van der Waals surface area contributed by atoms with E-state index in [0.717, 1.165) is 11.1 Å². The van der Waals surface area contributed by atoms with Crippen molar-refractivity contribution in [2.75, 3.05) is 6.61 Å². The van der Waals surface area contributed by atoms with E-state index in [1.807, 2.05) is 13.8 Å². The molecule has 0 aliphatic carbocycles. The van der Waals surface area contributed by atoms with Gasteiger partial charge in [-0.2, -0.15) is 4.98 Å². The van der Waals surface area contributed by atoms with Gasteiger partial charge in [0.25, 0.3) is 5.56 Å². The van der Waals surface area contributed by atoms with Crippen molar-refractivity contribution in [1.29, 1.82) is 0 Å². The molecule has 0 fully saturated rings. The maximum absolute atomic E-state index is 12.2. The Hall–Kier alpha value is -2.27. The van der Waals surface area contributed by atoms with Gasteiger partial charge in [-0.15, -0.1) is 0 Å². The minimum absolute atomic E-state index is 0.0525. The summed E-state index contributed by atoms with van der Waals surface area (Å²) in [6, 6.07) is 3.54. The smallest absolute Gasteiger partial charge is 0.349 e. The molecule has 1 aromatic rings. The van der Waals surface area contributed by atoms with Crippen LogP contribution in [-0.4, -0.2) is 64.7 Å². The van der Waals surface area contributed by atoms with Crippen LogP contribution in [-0.2, 0) is 11.1 Å². The van der Waals surface area contributed by atoms with Crippen molar-refractivity contribution in [1.82, 2.24) is 19.5 Å². The third kappa shape index (κ3) is 4.35. The summed E-state index contributed by atoms with van der Waals surface area (Å²) in [6.45, 7) is 3.09. The number of H-pyrrole nitrogens is 1. The lowest BCUT2D eigenvalue weighted by molar-refractivity contribution is -0.0762. The standard InChI is InChI=1S/C17H21N4O7P/c1-7-3-9-10(4-8(7)2)21(5-11(22)14(24)12(23)6-28-29-27)15-13(18-9)16(25)20-17(26)19-15/h3-4,11-12,14,22-24,27,29H,5-6H2,1-2H3,(H,20,25,26)/t11-,12?,14?/m0/s1. The fraction of sp³-hybridized carbons (Fsp3) is 0.412. The van der Waals surface area contributed by atoms with Crippen LogP contribution in [0.5, 0.6) is 0 Å². The Morgan fingerprint density at radius 1 is 1.14 bits per heavy atom. The summed E-state index contributed by atoms with van der Waals surface area (Å²) in [4.78, 5) is 42.9. The largest absolute Gasteiger partial charge is 0.388 e. The SMILES string of the molecule is Cc1cc2nc3c(=O)[nH]c(=O)nc-3n(C[C@H](O)C(O)C(O)COPO)c2cc1C. The highest BCUT2D eigenvalue weighted by molar-refractivity contribution is 7.24. The Morgan fingerprint density at radius 3 is 2.52 bits per heavy atom. The van der Waals surface area contributed by atoms with Crippen LogP contribution in [0.1, 0.15) is 11.1 Å². The maximum Gasteiger partial charge on any atom is 0.349 e. The predicted molar refractivity (Wildman–Crippen MR) is 105 cm³/mol. The third-order valence-corrected chi connectivity index (χ3v) is 5.00. The molecule has 0 spiro atoms. The first-order chi connectivity index (χ1) is 13.7. The molecule has 0 aromatic heterocycles. The summed E-state index contributed by atoms with van der Waals surface area (Å²) in [5.74, 6) is -0.0525. The molecule has 5 N–H and O–H groups in total. The third-order valence-electron chi connectivity index (χ3n) is 4.70. The molecule has 0 bridgehead atoms. The van der Waals surface area contributed by atoms with Crippen molar-refractivity contribution in [3.63, 3.8) is 0 Å². The van der Waals surface area contributed by atoms with E-state index in [1.54, 1.807) is 12.1 Å². The van der Waals surface area contributed by atoms with Crippen LogP contribution in [0.25, 0.3) is 22.6 Å². The van der Waals surface area contributed by atoms with Crippen molar-refractivity contribution < 1.29 is 24.7 Å². The van der Waals surface area contributed by atoms with Gasteiger partial charge >= 0.3 is 5.69 Å². The van der Waals surface area contributed by atoms with Crippen LogP contribution in [0.3, 0.4) is 0 Å². The lowest BCUT2D eigenvalue weighted by Gasteiger charge is -2.25. The van der Waals surface area contributed by atoms with Crippen molar-refractivity contribution in [2.24, 2.45) is 0 Å². The van der Waals surface area contributed by atoms with Crippen LogP contribution in [0.2, 0.25) is 0 Å². The Morgan fingerprint density at radius 2 is 1.83 bits per heavy atom. The lowest BCUT2D eigenvalue weighted by atomic mass is 10.1. The van der Waals surface area contributed by atoms with Gasteiger partial charge in [-0.1, -0.05) is 0 Å². The van der Waals surface area contributed by atoms with Gasteiger partial charge in [-0.05, 0) is 37.1 Å². The first kappa shape index (κ1) is 21.4.